The number of benzene rings is 2. The summed E-state index contributed by atoms with van der Waals surface area (Å²) >= 11 is 0. The Kier molecular flexibility index (Phi) is 6.23. The lowest BCUT2D eigenvalue weighted by molar-refractivity contribution is -0.387. The number of anilines is 1. The van der Waals surface area contributed by atoms with Crippen molar-refractivity contribution in [2.24, 2.45) is 5.92 Å². The van der Waals surface area contributed by atoms with E-state index in [2.05, 4.69) is 5.32 Å². The fourth-order valence-corrected chi connectivity index (χ4v) is 4.81. The molecule has 0 saturated carbocycles. The van der Waals surface area contributed by atoms with E-state index in [4.69, 9.17) is 0 Å². The Balaban J connectivity index is 1.58. The lowest BCUT2D eigenvalue weighted by atomic mass is 9.97. The second kappa shape index (κ2) is 8.66. The summed E-state index contributed by atoms with van der Waals surface area (Å²) in [5, 5.41) is 13.4. The number of hydrogen-bond acceptors (Lipinski definition) is 5. The van der Waals surface area contributed by atoms with Crippen molar-refractivity contribution in [2.75, 3.05) is 18.4 Å². The molecule has 1 aliphatic rings. The molecule has 1 amide bonds. The number of hydrogen-bond donors (Lipinski definition) is 1. The summed E-state index contributed by atoms with van der Waals surface area (Å²) in [6.07, 6.45) is 0.673. The van der Waals surface area contributed by atoms with Crippen LogP contribution in [0.3, 0.4) is 0 Å². The highest BCUT2D eigenvalue weighted by Gasteiger charge is 2.31. The second-order valence-corrected chi connectivity index (χ2v) is 8.80. The van der Waals surface area contributed by atoms with Crippen LogP contribution in [-0.2, 0) is 20.6 Å². The minimum atomic E-state index is -3.48. The number of amides is 1. The smallest absolute Gasteiger partial charge is 0.306 e. The minimum absolute atomic E-state index is 0.0933. The van der Waals surface area contributed by atoms with Crippen LogP contribution in [0.2, 0.25) is 0 Å². The van der Waals surface area contributed by atoms with Crippen LogP contribution in [0.1, 0.15) is 18.4 Å². The number of nitro benzene ring substituents is 1. The van der Waals surface area contributed by atoms with Crippen molar-refractivity contribution in [3.05, 3.63) is 70.0 Å². The van der Waals surface area contributed by atoms with Gasteiger partial charge in [-0.2, -0.15) is 4.39 Å². The van der Waals surface area contributed by atoms with Gasteiger partial charge in [-0.05, 0) is 30.5 Å². The molecule has 1 fully saturated rings. The van der Waals surface area contributed by atoms with Crippen LogP contribution >= 0.6 is 0 Å². The summed E-state index contributed by atoms with van der Waals surface area (Å²) in [4.78, 5) is 22.4. The van der Waals surface area contributed by atoms with Crippen molar-refractivity contribution in [1.82, 2.24) is 4.31 Å². The molecule has 0 radical (unpaired) electrons. The molecule has 0 atom stereocenters. The number of piperidine rings is 1. The van der Waals surface area contributed by atoms with E-state index < -0.39 is 32.4 Å². The number of halogens is 1. The van der Waals surface area contributed by atoms with Crippen LogP contribution in [0.25, 0.3) is 0 Å². The maximum Gasteiger partial charge on any atom is 0.306 e. The summed E-state index contributed by atoms with van der Waals surface area (Å²) in [5.74, 6) is -1.87. The van der Waals surface area contributed by atoms with Crippen molar-refractivity contribution in [2.45, 2.75) is 18.6 Å². The second-order valence-electron chi connectivity index (χ2n) is 6.83. The molecule has 2 aromatic rings. The lowest BCUT2D eigenvalue weighted by Crippen LogP contribution is -2.41. The first-order chi connectivity index (χ1) is 13.8. The highest BCUT2D eigenvalue weighted by molar-refractivity contribution is 7.88. The van der Waals surface area contributed by atoms with Gasteiger partial charge >= 0.3 is 5.69 Å². The Labute approximate surface area is 167 Å². The molecule has 8 nitrogen and oxygen atoms in total. The lowest BCUT2D eigenvalue weighted by Gasteiger charge is -2.30. The Hall–Kier alpha value is -2.85. The van der Waals surface area contributed by atoms with Crippen molar-refractivity contribution >= 4 is 27.3 Å². The van der Waals surface area contributed by atoms with E-state index in [0.29, 0.717) is 18.4 Å². The fourth-order valence-electron chi connectivity index (χ4n) is 3.25. The van der Waals surface area contributed by atoms with E-state index >= 15 is 0 Å². The molecule has 0 unspecified atom stereocenters. The first-order valence-corrected chi connectivity index (χ1v) is 10.6. The molecule has 1 N–H and O–H groups in total. The van der Waals surface area contributed by atoms with Gasteiger partial charge in [0.1, 0.15) is 0 Å². The number of rotatable bonds is 6. The zero-order valence-corrected chi connectivity index (χ0v) is 16.3. The zero-order valence-electron chi connectivity index (χ0n) is 15.5. The molecule has 10 heteroatoms. The Bertz CT molecular complexity index is 1010. The fraction of sp³-hybridized carbons (Fsp3) is 0.316. The average Bonchev–Trinajstić information content (AvgIpc) is 2.69. The molecule has 29 heavy (non-hydrogen) atoms. The van der Waals surface area contributed by atoms with E-state index in [1.165, 1.54) is 10.4 Å². The van der Waals surface area contributed by atoms with E-state index in [1.54, 1.807) is 24.3 Å². The van der Waals surface area contributed by atoms with Gasteiger partial charge < -0.3 is 5.32 Å². The van der Waals surface area contributed by atoms with E-state index in [0.717, 1.165) is 12.1 Å². The van der Waals surface area contributed by atoms with E-state index in [9.17, 15) is 27.7 Å². The van der Waals surface area contributed by atoms with Crippen molar-refractivity contribution in [3.63, 3.8) is 0 Å². The van der Waals surface area contributed by atoms with Crippen LogP contribution in [0.15, 0.2) is 48.5 Å². The third-order valence-electron chi connectivity index (χ3n) is 4.82. The van der Waals surface area contributed by atoms with Gasteiger partial charge in [0.05, 0.1) is 10.7 Å². The monoisotopic (exact) mass is 421 g/mol. The maximum atomic E-state index is 13.4. The molecule has 0 bridgehead atoms. The van der Waals surface area contributed by atoms with Gasteiger partial charge in [-0.15, -0.1) is 0 Å². The van der Waals surface area contributed by atoms with Crippen LogP contribution in [-0.4, -0.2) is 36.6 Å². The molecule has 1 heterocycles. The number of carbonyl (C=O) groups excluding carboxylic acids is 1. The largest absolute Gasteiger partial charge is 0.326 e. The molecule has 2 aromatic carbocycles. The summed E-state index contributed by atoms with van der Waals surface area (Å²) in [6.45, 7) is 0.438. The van der Waals surface area contributed by atoms with E-state index in [1.807, 2.05) is 6.07 Å². The summed E-state index contributed by atoms with van der Waals surface area (Å²) < 4.78 is 40.0. The van der Waals surface area contributed by atoms with Gasteiger partial charge in [0.2, 0.25) is 21.7 Å². The minimum Gasteiger partial charge on any atom is -0.326 e. The third kappa shape index (κ3) is 5.15. The van der Waals surface area contributed by atoms with Crippen molar-refractivity contribution in [1.29, 1.82) is 0 Å². The molecule has 0 aliphatic carbocycles. The standard InChI is InChI=1S/C19H20FN3O5S/c20-17-7-6-16(12-18(17)23(25)26)21-19(24)15-8-10-22(11-9-15)29(27,28)13-14-4-2-1-3-5-14/h1-7,12,15H,8-11,13H2,(H,21,24). The van der Waals surface area contributed by atoms with Gasteiger partial charge in [-0.25, -0.2) is 12.7 Å². The maximum absolute atomic E-state index is 13.4. The quantitative estimate of drug-likeness (QED) is 0.570. The topological polar surface area (TPSA) is 110 Å². The van der Waals surface area contributed by atoms with Gasteiger partial charge in [0, 0.05) is 30.8 Å². The zero-order chi connectivity index (χ0) is 21.0. The summed E-state index contributed by atoms with van der Waals surface area (Å²) in [7, 11) is -3.48. The first kappa shape index (κ1) is 20.9. The molecular weight excluding hydrogens is 401 g/mol. The number of nitro groups is 1. The number of sulfonamides is 1. The van der Waals surface area contributed by atoms with Crippen LogP contribution < -0.4 is 5.32 Å². The van der Waals surface area contributed by atoms with Gasteiger partial charge in [-0.3, -0.25) is 14.9 Å². The van der Waals surface area contributed by atoms with Crippen molar-refractivity contribution < 1.29 is 22.5 Å². The SMILES string of the molecule is O=C(Nc1ccc(F)c([N+](=O)[O-])c1)C1CCN(S(=O)(=O)Cc2ccccc2)CC1. The predicted octanol–water partition coefficient (Wildman–Crippen LogP) is 2.91. The molecule has 1 saturated heterocycles. The summed E-state index contributed by atoms with van der Waals surface area (Å²) in [6, 6.07) is 12.0. The van der Waals surface area contributed by atoms with Crippen LogP contribution in [0, 0.1) is 21.8 Å². The average molecular weight is 421 g/mol. The van der Waals surface area contributed by atoms with Gasteiger partial charge in [0.15, 0.2) is 0 Å². The summed E-state index contributed by atoms with van der Waals surface area (Å²) in [5.41, 5.74) is 0.108. The molecule has 0 aromatic heterocycles. The molecule has 0 spiro atoms. The number of nitrogens with one attached hydrogen (secondary N) is 1. The molecule has 1 aliphatic heterocycles. The van der Waals surface area contributed by atoms with Crippen LogP contribution in [0.4, 0.5) is 15.8 Å². The normalized spacial score (nSPS) is 15.8. The molecule has 3 rings (SSSR count). The third-order valence-corrected chi connectivity index (χ3v) is 6.67. The number of nitrogens with zero attached hydrogens (tertiary/aromatic N) is 2. The Morgan fingerprint density at radius 3 is 2.45 bits per heavy atom. The van der Waals surface area contributed by atoms with Crippen LogP contribution in [0.5, 0.6) is 0 Å². The first-order valence-electron chi connectivity index (χ1n) is 9.03. The Morgan fingerprint density at radius 2 is 1.83 bits per heavy atom. The highest BCUT2D eigenvalue weighted by Crippen LogP contribution is 2.25. The van der Waals surface area contributed by atoms with Gasteiger partial charge in [-0.1, -0.05) is 30.3 Å². The Morgan fingerprint density at radius 1 is 1.17 bits per heavy atom. The number of carbonyl (C=O) groups is 1. The van der Waals surface area contributed by atoms with Crippen molar-refractivity contribution in [3.8, 4) is 0 Å². The van der Waals surface area contributed by atoms with Gasteiger partial charge in [0.25, 0.3) is 0 Å². The predicted molar refractivity (Wildman–Crippen MR) is 105 cm³/mol. The highest BCUT2D eigenvalue weighted by atomic mass is 32.2. The molecular formula is C19H20FN3O5S. The molecule has 154 valence electrons. The van der Waals surface area contributed by atoms with E-state index in [-0.39, 0.29) is 30.4 Å².